The number of aromatic nitrogens is 3. The molecule has 4 aromatic rings. The average Bonchev–Trinajstić information content (AvgIpc) is 2.86. The summed E-state index contributed by atoms with van der Waals surface area (Å²) in [5.74, 6) is 0. The highest BCUT2D eigenvalue weighted by Gasteiger charge is 2.19. The second kappa shape index (κ2) is 6.32. The second-order valence-electron chi connectivity index (χ2n) is 6.91. The van der Waals surface area contributed by atoms with Crippen LogP contribution in [0.15, 0.2) is 47.7 Å². The molecule has 0 saturated carbocycles. The molecule has 1 aliphatic carbocycles. The Morgan fingerprint density at radius 2 is 1.92 bits per heavy atom. The number of para-hydroxylation sites is 1. The van der Waals surface area contributed by atoms with Gasteiger partial charge in [0, 0.05) is 16.5 Å². The van der Waals surface area contributed by atoms with E-state index < -0.39 is 0 Å². The van der Waals surface area contributed by atoms with Crippen molar-refractivity contribution >= 4 is 32.5 Å². The zero-order valence-electron chi connectivity index (χ0n) is 14.4. The van der Waals surface area contributed by atoms with Crippen LogP contribution in [0.5, 0.6) is 0 Å². The van der Waals surface area contributed by atoms with Crippen LogP contribution >= 0.6 is 11.3 Å². The Bertz CT molecular complexity index is 1170. The molecule has 0 N–H and O–H groups in total. The molecule has 0 aliphatic heterocycles. The van der Waals surface area contributed by atoms with Gasteiger partial charge in [0.1, 0.15) is 4.83 Å². The summed E-state index contributed by atoms with van der Waals surface area (Å²) in [5, 5.41) is 1.94. The normalized spacial score (nSPS) is 14.5. The minimum atomic E-state index is 0.0855. The summed E-state index contributed by atoms with van der Waals surface area (Å²) >= 11 is 1.71. The van der Waals surface area contributed by atoms with Gasteiger partial charge in [-0.3, -0.25) is 14.3 Å². The zero-order valence-corrected chi connectivity index (χ0v) is 15.3. The average molecular weight is 361 g/mol. The highest BCUT2D eigenvalue weighted by atomic mass is 32.1. The summed E-state index contributed by atoms with van der Waals surface area (Å²) < 4.78 is 1.74. The van der Waals surface area contributed by atoms with Gasteiger partial charge in [-0.2, -0.15) is 0 Å². The third kappa shape index (κ3) is 2.54. The Kier molecular flexibility index (Phi) is 3.82. The topological polar surface area (TPSA) is 47.8 Å². The van der Waals surface area contributed by atoms with Gasteiger partial charge >= 0.3 is 0 Å². The highest BCUT2D eigenvalue weighted by Crippen LogP contribution is 2.32. The Hall–Kier alpha value is -2.53. The molecule has 0 spiro atoms. The zero-order chi connectivity index (χ0) is 17.5. The molecule has 0 saturated heterocycles. The lowest BCUT2D eigenvalue weighted by Gasteiger charge is -2.08. The van der Waals surface area contributed by atoms with E-state index in [0.29, 0.717) is 6.54 Å². The number of hydrogen-bond donors (Lipinski definition) is 0. The van der Waals surface area contributed by atoms with Crippen molar-refractivity contribution in [2.24, 2.45) is 0 Å². The maximum Gasteiger partial charge on any atom is 0.262 e. The van der Waals surface area contributed by atoms with Crippen LogP contribution in [0.2, 0.25) is 0 Å². The van der Waals surface area contributed by atoms with Crippen LogP contribution < -0.4 is 5.56 Å². The molecule has 26 heavy (non-hydrogen) atoms. The van der Waals surface area contributed by atoms with E-state index in [4.69, 9.17) is 0 Å². The first-order chi connectivity index (χ1) is 12.8. The van der Waals surface area contributed by atoms with Crippen LogP contribution in [0, 0.1) is 0 Å². The third-order valence-electron chi connectivity index (χ3n) is 5.25. The lowest BCUT2D eigenvalue weighted by Crippen LogP contribution is -2.21. The van der Waals surface area contributed by atoms with Gasteiger partial charge in [-0.15, -0.1) is 11.3 Å². The van der Waals surface area contributed by atoms with Crippen LogP contribution in [0.25, 0.3) is 21.1 Å². The van der Waals surface area contributed by atoms with E-state index in [9.17, 15) is 4.79 Å². The molecular weight excluding hydrogens is 342 g/mol. The van der Waals surface area contributed by atoms with Crippen molar-refractivity contribution in [1.29, 1.82) is 0 Å². The molecule has 4 nitrogen and oxygen atoms in total. The number of nitrogens with zero attached hydrogens (tertiary/aromatic N) is 3. The van der Waals surface area contributed by atoms with Crippen molar-refractivity contribution in [1.82, 2.24) is 14.5 Å². The minimum absolute atomic E-state index is 0.0855. The molecule has 5 rings (SSSR count). The highest BCUT2D eigenvalue weighted by molar-refractivity contribution is 7.18. The van der Waals surface area contributed by atoms with Crippen molar-refractivity contribution in [2.75, 3.05) is 0 Å². The molecule has 130 valence electrons. The summed E-state index contributed by atoms with van der Waals surface area (Å²) in [6.45, 7) is 0.501. The lowest BCUT2D eigenvalue weighted by molar-refractivity contribution is 0.712. The third-order valence-corrected chi connectivity index (χ3v) is 6.45. The van der Waals surface area contributed by atoms with Crippen LogP contribution in [-0.2, 0) is 19.4 Å². The number of aryl methyl sites for hydroxylation is 2. The molecule has 0 atom stereocenters. The second-order valence-corrected chi connectivity index (χ2v) is 8.00. The monoisotopic (exact) mass is 361 g/mol. The van der Waals surface area contributed by atoms with E-state index in [1.807, 2.05) is 18.2 Å². The minimum Gasteiger partial charge on any atom is -0.294 e. The van der Waals surface area contributed by atoms with Gasteiger partial charge in [0.25, 0.3) is 5.56 Å². The quantitative estimate of drug-likeness (QED) is 0.500. The number of thiophene rings is 1. The summed E-state index contributed by atoms with van der Waals surface area (Å²) in [4.78, 5) is 24.6. The van der Waals surface area contributed by atoms with Crippen molar-refractivity contribution in [3.8, 4) is 0 Å². The fraction of sp³-hybridized carbons (Fsp3) is 0.286. The molecule has 1 aliphatic rings. The number of hydrogen-bond acceptors (Lipinski definition) is 4. The maximum absolute atomic E-state index is 13.2. The Morgan fingerprint density at radius 1 is 1.04 bits per heavy atom. The molecule has 3 heterocycles. The summed E-state index contributed by atoms with van der Waals surface area (Å²) in [7, 11) is 0. The van der Waals surface area contributed by atoms with Crippen molar-refractivity contribution in [3.05, 3.63) is 69.2 Å². The number of fused-ring (bicyclic) bond motifs is 4. The van der Waals surface area contributed by atoms with E-state index in [2.05, 4.69) is 22.1 Å². The number of rotatable bonds is 2. The number of pyridine rings is 1. The SMILES string of the molecule is O=c1c2c3c(sc2ncn1Cc1cccc2cccnc12)CCCCC3. The van der Waals surface area contributed by atoms with Gasteiger partial charge in [0.05, 0.1) is 23.8 Å². The van der Waals surface area contributed by atoms with Gasteiger partial charge in [-0.1, -0.05) is 30.7 Å². The molecular formula is C21H19N3OS. The van der Waals surface area contributed by atoms with Gasteiger partial charge in [0.15, 0.2) is 0 Å². The molecule has 3 aromatic heterocycles. The van der Waals surface area contributed by atoms with Gasteiger partial charge in [0.2, 0.25) is 0 Å². The molecule has 0 amide bonds. The van der Waals surface area contributed by atoms with E-state index in [1.54, 1.807) is 28.4 Å². The molecule has 0 radical (unpaired) electrons. The van der Waals surface area contributed by atoms with Crippen LogP contribution in [0.1, 0.15) is 35.3 Å². The van der Waals surface area contributed by atoms with E-state index in [1.165, 1.54) is 29.7 Å². The predicted molar refractivity (Wildman–Crippen MR) is 106 cm³/mol. The van der Waals surface area contributed by atoms with Crippen molar-refractivity contribution in [2.45, 2.75) is 38.6 Å². The van der Waals surface area contributed by atoms with Gasteiger partial charge in [-0.25, -0.2) is 4.98 Å². The number of benzene rings is 1. The Balaban J connectivity index is 1.64. The van der Waals surface area contributed by atoms with Crippen LogP contribution in [-0.4, -0.2) is 14.5 Å². The van der Waals surface area contributed by atoms with E-state index >= 15 is 0 Å². The fourth-order valence-corrected chi connectivity index (χ4v) is 5.17. The van der Waals surface area contributed by atoms with Gasteiger partial charge in [-0.05, 0) is 42.9 Å². The summed E-state index contributed by atoms with van der Waals surface area (Å²) in [6.07, 6.45) is 9.22. The molecule has 0 bridgehead atoms. The van der Waals surface area contributed by atoms with E-state index in [0.717, 1.165) is 39.5 Å². The van der Waals surface area contributed by atoms with Gasteiger partial charge < -0.3 is 0 Å². The lowest BCUT2D eigenvalue weighted by atomic mass is 10.1. The molecule has 1 aromatic carbocycles. The fourth-order valence-electron chi connectivity index (χ4n) is 3.95. The molecule has 5 heteroatoms. The van der Waals surface area contributed by atoms with Crippen LogP contribution in [0.3, 0.4) is 0 Å². The first-order valence-corrected chi connectivity index (χ1v) is 9.95. The first-order valence-electron chi connectivity index (χ1n) is 9.13. The molecule has 0 unspecified atom stereocenters. The van der Waals surface area contributed by atoms with E-state index in [-0.39, 0.29) is 5.56 Å². The Morgan fingerprint density at radius 3 is 2.88 bits per heavy atom. The first kappa shape index (κ1) is 15.7. The molecule has 0 fully saturated rings. The maximum atomic E-state index is 13.2. The summed E-state index contributed by atoms with van der Waals surface area (Å²) in [6, 6.07) is 10.1. The van der Waals surface area contributed by atoms with Crippen molar-refractivity contribution < 1.29 is 0 Å². The van der Waals surface area contributed by atoms with Crippen molar-refractivity contribution in [3.63, 3.8) is 0 Å². The Labute approximate surface area is 155 Å². The van der Waals surface area contributed by atoms with Crippen LogP contribution in [0.4, 0.5) is 0 Å². The standard InChI is InChI=1S/C21H19N3OS/c25-21-18-16-9-2-1-3-10-17(16)26-20(18)23-13-24(21)12-15-7-4-6-14-8-5-11-22-19(14)15/h4-8,11,13H,1-3,9-10,12H2. The smallest absolute Gasteiger partial charge is 0.262 e. The largest absolute Gasteiger partial charge is 0.294 e. The summed E-state index contributed by atoms with van der Waals surface area (Å²) in [5.41, 5.74) is 3.34. The predicted octanol–water partition coefficient (Wildman–Crippen LogP) is 4.32.